The Morgan fingerprint density at radius 1 is 1.59 bits per heavy atom. The van der Waals surface area contributed by atoms with Gasteiger partial charge in [-0.2, -0.15) is 5.26 Å². The first-order valence-electron chi connectivity index (χ1n) is 5.72. The zero-order valence-electron chi connectivity index (χ0n) is 10.5. The summed E-state index contributed by atoms with van der Waals surface area (Å²) >= 11 is 0. The number of hydrogen-bond donors (Lipinski definition) is 2. The Kier molecular flexibility index (Phi) is 4.27. The molecule has 0 fully saturated rings. The molecule has 0 aromatic heterocycles. The Balaban J connectivity index is 2.77. The van der Waals surface area contributed by atoms with E-state index in [9.17, 15) is 4.79 Å². The summed E-state index contributed by atoms with van der Waals surface area (Å²) in [5, 5.41) is 14.2. The van der Waals surface area contributed by atoms with Crippen LogP contribution in [0.1, 0.15) is 40.0 Å². The number of ketones is 1. The minimum absolute atomic E-state index is 0.110. The van der Waals surface area contributed by atoms with Crippen molar-refractivity contribution in [3.8, 4) is 6.19 Å². The van der Waals surface area contributed by atoms with Gasteiger partial charge in [0.05, 0.1) is 5.54 Å². The highest BCUT2D eigenvalue weighted by Gasteiger charge is 2.17. The van der Waals surface area contributed by atoms with Gasteiger partial charge < -0.3 is 5.32 Å². The van der Waals surface area contributed by atoms with Gasteiger partial charge in [-0.1, -0.05) is 6.92 Å². The number of nitriles is 1. The fourth-order valence-electron chi connectivity index (χ4n) is 1.37. The van der Waals surface area contributed by atoms with Crippen LogP contribution in [0.5, 0.6) is 0 Å². The average Bonchev–Trinajstić information content (AvgIpc) is 2.64. The Labute approximate surface area is 102 Å². The second kappa shape index (κ2) is 5.48. The van der Waals surface area contributed by atoms with Crippen molar-refractivity contribution >= 4 is 11.7 Å². The number of rotatable bonds is 3. The number of guanidine groups is 1. The van der Waals surface area contributed by atoms with Crippen molar-refractivity contribution in [2.75, 3.05) is 0 Å². The Morgan fingerprint density at radius 2 is 2.29 bits per heavy atom. The van der Waals surface area contributed by atoms with E-state index in [-0.39, 0.29) is 11.3 Å². The van der Waals surface area contributed by atoms with E-state index < -0.39 is 0 Å². The molecule has 0 aromatic rings. The van der Waals surface area contributed by atoms with Gasteiger partial charge in [-0.05, 0) is 26.7 Å². The van der Waals surface area contributed by atoms with Crippen molar-refractivity contribution in [3.05, 3.63) is 11.8 Å². The minimum atomic E-state index is -0.241. The summed E-state index contributed by atoms with van der Waals surface area (Å²) in [6.07, 6.45) is 5.48. The van der Waals surface area contributed by atoms with Crippen molar-refractivity contribution in [1.82, 2.24) is 10.6 Å². The SMILES string of the molecule is CCC(C)(C)N=C(NC#N)NC1=CC(=O)CC1. The van der Waals surface area contributed by atoms with Crippen LogP contribution in [-0.4, -0.2) is 17.3 Å². The minimum Gasteiger partial charge on any atom is -0.329 e. The average molecular weight is 234 g/mol. The molecule has 0 bridgehead atoms. The summed E-state index contributed by atoms with van der Waals surface area (Å²) in [7, 11) is 0. The highest BCUT2D eigenvalue weighted by Crippen LogP contribution is 2.15. The van der Waals surface area contributed by atoms with Gasteiger partial charge >= 0.3 is 0 Å². The molecule has 1 rings (SSSR count). The number of aliphatic imine (C=N–C) groups is 1. The van der Waals surface area contributed by atoms with E-state index in [2.05, 4.69) is 15.6 Å². The van der Waals surface area contributed by atoms with Gasteiger partial charge in [0.15, 0.2) is 12.0 Å². The zero-order chi connectivity index (χ0) is 12.9. The highest BCUT2D eigenvalue weighted by atomic mass is 16.1. The van der Waals surface area contributed by atoms with Crippen LogP contribution in [0.3, 0.4) is 0 Å². The lowest BCUT2D eigenvalue weighted by molar-refractivity contribution is -0.114. The summed E-state index contributed by atoms with van der Waals surface area (Å²) < 4.78 is 0. The first kappa shape index (κ1) is 13.2. The number of nitrogens with one attached hydrogen (secondary N) is 2. The maximum Gasteiger partial charge on any atom is 0.209 e. The maximum absolute atomic E-state index is 11.1. The molecule has 1 aliphatic rings. The van der Waals surface area contributed by atoms with E-state index in [0.717, 1.165) is 12.1 Å². The fraction of sp³-hybridized carbons (Fsp3) is 0.583. The normalized spacial score (nSPS) is 16.5. The lowest BCUT2D eigenvalue weighted by atomic mass is 10.0. The first-order chi connectivity index (χ1) is 7.96. The summed E-state index contributed by atoms with van der Waals surface area (Å²) in [4.78, 5) is 15.5. The van der Waals surface area contributed by atoms with Crippen LogP contribution in [0.15, 0.2) is 16.8 Å². The highest BCUT2D eigenvalue weighted by molar-refractivity contribution is 5.94. The number of allylic oxidation sites excluding steroid dienone is 2. The van der Waals surface area contributed by atoms with Crippen LogP contribution in [0, 0.1) is 11.5 Å². The molecular weight excluding hydrogens is 216 g/mol. The van der Waals surface area contributed by atoms with E-state index in [0.29, 0.717) is 18.8 Å². The molecule has 0 aliphatic heterocycles. The Hall–Kier alpha value is -1.83. The molecule has 1 aliphatic carbocycles. The standard InChI is InChI=1S/C12H18N4O/c1-4-12(2,3)16-11(14-8-13)15-9-5-6-10(17)7-9/h7H,4-6H2,1-3H3,(H2,14,15,16). The Morgan fingerprint density at radius 3 is 2.76 bits per heavy atom. The molecule has 0 spiro atoms. The predicted molar refractivity (Wildman–Crippen MR) is 66.0 cm³/mol. The van der Waals surface area contributed by atoms with E-state index in [1.54, 1.807) is 6.08 Å². The van der Waals surface area contributed by atoms with E-state index in [4.69, 9.17) is 5.26 Å². The van der Waals surface area contributed by atoms with Gasteiger partial charge in [-0.15, -0.1) is 0 Å². The third-order valence-corrected chi connectivity index (χ3v) is 2.71. The summed E-state index contributed by atoms with van der Waals surface area (Å²) in [5.41, 5.74) is 0.568. The van der Waals surface area contributed by atoms with Gasteiger partial charge in [0.1, 0.15) is 0 Å². The van der Waals surface area contributed by atoms with Crippen molar-refractivity contribution in [3.63, 3.8) is 0 Å². The van der Waals surface area contributed by atoms with Crippen LogP contribution >= 0.6 is 0 Å². The molecule has 17 heavy (non-hydrogen) atoms. The van der Waals surface area contributed by atoms with E-state index >= 15 is 0 Å². The van der Waals surface area contributed by atoms with Crippen LogP contribution in [0.4, 0.5) is 0 Å². The van der Waals surface area contributed by atoms with Gasteiger partial charge in [-0.25, -0.2) is 4.99 Å². The van der Waals surface area contributed by atoms with Crippen LogP contribution in [-0.2, 0) is 4.79 Å². The molecule has 0 unspecified atom stereocenters. The molecular formula is C12H18N4O. The number of hydrogen-bond acceptors (Lipinski definition) is 3. The monoisotopic (exact) mass is 234 g/mol. The second-order valence-electron chi connectivity index (χ2n) is 4.62. The zero-order valence-corrected chi connectivity index (χ0v) is 10.5. The van der Waals surface area contributed by atoms with Crippen LogP contribution in [0.2, 0.25) is 0 Å². The van der Waals surface area contributed by atoms with Gasteiger partial charge in [0.25, 0.3) is 0 Å². The summed E-state index contributed by atoms with van der Waals surface area (Å²) in [6.45, 7) is 6.01. The van der Waals surface area contributed by atoms with E-state index in [1.807, 2.05) is 27.0 Å². The van der Waals surface area contributed by atoms with Gasteiger partial charge in [0, 0.05) is 18.2 Å². The third-order valence-electron chi connectivity index (χ3n) is 2.71. The lowest BCUT2D eigenvalue weighted by Gasteiger charge is -2.19. The smallest absolute Gasteiger partial charge is 0.209 e. The third kappa shape index (κ3) is 4.27. The second-order valence-corrected chi connectivity index (χ2v) is 4.62. The van der Waals surface area contributed by atoms with E-state index in [1.165, 1.54) is 0 Å². The number of carbonyl (C=O) groups excluding carboxylic acids is 1. The van der Waals surface area contributed by atoms with Crippen LogP contribution in [0.25, 0.3) is 0 Å². The van der Waals surface area contributed by atoms with Crippen molar-refractivity contribution < 1.29 is 4.79 Å². The molecule has 92 valence electrons. The van der Waals surface area contributed by atoms with Crippen LogP contribution < -0.4 is 10.6 Å². The summed E-state index contributed by atoms with van der Waals surface area (Å²) in [6, 6.07) is 0. The number of nitrogens with zero attached hydrogens (tertiary/aromatic N) is 2. The lowest BCUT2D eigenvalue weighted by Crippen LogP contribution is -2.36. The molecule has 0 aromatic carbocycles. The molecule has 0 saturated carbocycles. The fourth-order valence-corrected chi connectivity index (χ4v) is 1.37. The molecule has 0 heterocycles. The topological polar surface area (TPSA) is 77.3 Å². The molecule has 0 amide bonds. The molecule has 5 heteroatoms. The molecule has 0 saturated heterocycles. The molecule has 5 nitrogen and oxygen atoms in total. The number of carbonyl (C=O) groups is 1. The predicted octanol–water partition coefficient (Wildman–Crippen LogP) is 1.44. The van der Waals surface area contributed by atoms with Crippen molar-refractivity contribution in [2.45, 2.75) is 45.6 Å². The first-order valence-corrected chi connectivity index (χ1v) is 5.72. The molecule has 0 radical (unpaired) electrons. The Bertz CT molecular complexity index is 401. The largest absolute Gasteiger partial charge is 0.329 e. The maximum atomic E-state index is 11.1. The van der Waals surface area contributed by atoms with Gasteiger partial charge in [0.2, 0.25) is 5.96 Å². The van der Waals surface area contributed by atoms with Crippen molar-refractivity contribution in [2.24, 2.45) is 4.99 Å². The summed E-state index contributed by atoms with van der Waals surface area (Å²) in [5.74, 6) is 0.513. The quantitative estimate of drug-likeness (QED) is 0.335. The van der Waals surface area contributed by atoms with Gasteiger partial charge in [-0.3, -0.25) is 10.1 Å². The molecule has 0 atom stereocenters. The van der Waals surface area contributed by atoms with Crippen molar-refractivity contribution in [1.29, 1.82) is 5.26 Å². The molecule has 2 N–H and O–H groups in total.